The van der Waals surface area contributed by atoms with Gasteiger partial charge in [-0.2, -0.15) is 0 Å². The first-order valence-electron chi connectivity index (χ1n) is 11.5. The van der Waals surface area contributed by atoms with Crippen LogP contribution in [0.2, 0.25) is 0 Å². The summed E-state index contributed by atoms with van der Waals surface area (Å²) in [4.78, 5) is 24.2. The first kappa shape index (κ1) is 35.3. The second-order valence-electron chi connectivity index (χ2n) is 8.27. The Morgan fingerprint density at radius 2 is 1.03 bits per heavy atom. The van der Waals surface area contributed by atoms with E-state index in [4.69, 9.17) is 11.5 Å². The van der Waals surface area contributed by atoms with Gasteiger partial charge in [-0.3, -0.25) is 9.59 Å². The lowest BCUT2D eigenvalue weighted by atomic mass is 10.1. The van der Waals surface area contributed by atoms with Gasteiger partial charge in [0, 0.05) is 39.0 Å². The van der Waals surface area contributed by atoms with Crippen molar-refractivity contribution >= 4 is 36.6 Å². The Morgan fingerprint density at radius 3 is 1.37 bits per heavy atom. The minimum absolute atomic E-state index is 0. The summed E-state index contributed by atoms with van der Waals surface area (Å²) in [5, 5.41) is 45.2. The Labute approximate surface area is 234 Å². The smallest absolute Gasteiger partial charge is 0.251 e. The Morgan fingerprint density at radius 1 is 0.684 bits per heavy atom. The summed E-state index contributed by atoms with van der Waals surface area (Å²) in [5.41, 5.74) is 14.6. The third-order valence-corrected chi connectivity index (χ3v) is 5.40. The molecule has 10 N–H and O–H groups in total. The maximum absolute atomic E-state index is 12.1. The van der Waals surface area contributed by atoms with Crippen molar-refractivity contribution < 1.29 is 30.0 Å². The number of amides is 2. The predicted molar refractivity (Wildman–Crippen MR) is 148 cm³/mol. The molecule has 2 aromatic carbocycles. The van der Waals surface area contributed by atoms with Crippen molar-refractivity contribution in [1.82, 2.24) is 10.6 Å². The van der Waals surface area contributed by atoms with Gasteiger partial charge in [0.1, 0.15) is 0 Å². The first-order valence-corrected chi connectivity index (χ1v) is 11.5. The van der Waals surface area contributed by atoms with Crippen LogP contribution in [-0.4, -0.2) is 56.7 Å². The third kappa shape index (κ3) is 11.8. The van der Waals surface area contributed by atoms with Gasteiger partial charge in [-0.15, -0.1) is 36.7 Å². The van der Waals surface area contributed by atoms with Crippen LogP contribution in [0.25, 0.3) is 0 Å². The molecule has 12 heteroatoms. The van der Waals surface area contributed by atoms with Crippen molar-refractivity contribution in [2.45, 2.75) is 63.4 Å². The Balaban J connectivity index is 0.00000684. The highest BCUT2D eigenvalue weighted by Crippen LogP contribution is 2.07. The van der Waals surface area contributed by atoms with Crippen molar-refractivity contribution in [3.63, 3.8) is 0 Å². The number of hydrogen-bond acceptors (Lipinski definition) is 8. The largest absolute Gasteiger partial charge is 0.389 e. The fourth-order valence-corrected chi connectivity index (χ4v) is 3.25. The quantitative estimate of drug-likeness (QED) is 0.158. The molecule has 0 fully saturated rings. The van der Waals surface area contributed by atoms with Gasteiger partial charge in [-0.1, -0.05) is 48.5 Å². The molecule has 0 heterocycles. The van der Waals surface area contributed by atoms with E-state index in [-0.39, 0.29) is 50.7 Å². The number of aliphatic hydroxyl groups excluding tert-OH is 4. The van der Waals surface area contributed by atoms with Gasteiger partial charge in [-0.25, -0.2) is 0 Å². The second kappa shape index (κ2) is 18.5. The average Bonchev–Trinajstić information content (AvgIpc) is 2.91. The number of aliphatic hydroxyl groups is 4. The molecule has 0 saturated carbocycles. The van der Waals surface area contributed by atoms with Gasteiger partial charge in [0.2, 0.25) is 0 Å². The van der Waals surface area contributed by atoms with Crippen molar-refractivity contribution in [3.05, 3.63) is 70.8 Å². The first-order chi connectivity index (χ1) is 17.2. The number of hydrogen-bond donors (Lipinski definition) is 8. The second-order valence-corrected chi connectivity index (χ2v) is 8.27. The molecule has 10 nitrogen and oxygen atoms in total. The fourth-order valence-electron chi connectivity index (χ4n) is 3.25. The van der Waals surface area contributed by atoms with Crippen LogP contribution in [0.3, 0.4) is 0 Å². The maximum atomic E-state index is 12.1. The van der Waals surface area contributed by atoms with Crippen molar-refractivity contribution in [3.8, 4) is 11.8 Å². The molecule has 0 aromatic heterocycles. The predicted octanol–water partition coefficient (Wildman–Crippen LogP) is -0.393. The van der Waals surface area contributed by atoms with E-state index >= 15 is 0 Å². The zero-order chi connectivity index (χ0) is 26.5. The number of carbonyl (C=O) groups excluding carboxylic acids is 2. The van der Waals surface area contributed by atoms with Crippen LogP contribution in [0.1, 0.15) is 35.1 Å². The summed E-state index contributed by atoms with van der Waals surface area (Å²) in [6.45, 7) is 1.04. The van der Waals surface area contributed by atoms with E-state index in [1.54, 1.807) is 24.3 Å². The summed E-state index contributed by atoms with van der Waals surface area (Å²) in [6.07, 6.45) is -6.80. The normalized spacial score (nSPS) is 13.3. The molecule has 0 aliphatic rings. The van der Waals surface area contributed by atoms with Crippen LogP contribution in [0.15, 0.2) is 48.5 Å². The fraction of sp³-hybridized carbons (Fsp3) is 0.385. The van der Waals surface area contributed by atoms with Crippen LogP contribution in [0.5, 0.6) is 0 Å². The molecule has 0 aliphatic carbocycles. The summed E-state index contributed by atoms with van der Waals surface area (Å²) >= 11 is 0. The van der Waals surface area contributed by atoms with E-state index in [9.17, 15) is 30.0 Å². The molecule has 2 rings (SSSR count). The number of nitrogens with one attached hydrogen (secondary N) is 2. The average molecular weight is 572 g/mol. The van der Waals surface area contributed by atoms with Crippen LogP contribution >= 0.6 is 24.8 Å². The highest BCUT2D eigenvalue weighted by atomic mass is 35.5. The molecule has 0 aliphatic heterocycles. The Bertz CT molecular complexity index is 997. The van der Waals surface area contributed by atoms with Crippen molar-refractivity contribution in [1.29, 1.82) is 0 Å². The minimum Gasteiger partial charge on any atom is -0.389 e. The highest BCUT2D eigenvalue weighted by Gasteiger charge is 2.24. The molecule has 0 radical (unpaired) electrons. The van der Waals surface area contributed by atoms with E-state index < -0.39 is 36.2 Å². The third-order valence-electron chi connectivity index (χ3n) is 5.40. The topological polar surface area (TPSA) is 191 Å². The summed E-state index contributed by atoms with van der Waals surface area (Å²) in [7, 11) is 0. The molecule has 210 valence electrons. The van der Waals surface area contributed by atoms with Gasteiger partial charge < -0.3 is 42.5 Å². The molecule has 4 atom stereocenters. The lowest BCUT2D eigenvalue weighted by molar-refractivity contribution is -0.135. The van der Waals surface area contributed by atoms with E-state index in [1.165, 1.54) is 0 Å². The number of carbonyl (C=O) groups is 2. The Hall–Kier alpha value is -2.72. The van der Waals surface area contributed by atoms with Crippen LogP contribution in [-0.2, 0) is 35.8 Å². The molecule has 0 spiro atoms. The van der Waals surface area contributed by atoms with Crippen molar-refractivity contribution in [2.75, 3.05) is 0 Å². The minimum atomic E-state index is -1.70. The summed E-state index contributed by atoms with van der Waals surface area (Å²) in [5.74, 6) is 3.56. The molecular formula is C26H36Cl2N4O6. The zero-order valence-corrected chi connectivity index (χ0v) is 22.4. The van der Waals surface area contributed by atoms with E-state index in [0.717, 1.165) is 22.3 Å². The molecule has 4 unspecified atom stereocenters. The lowest BCUT2D eigenvalue weighted by Crippen LogP contribution is -2.42. The molecule has 2 amide bonds. The molecule has 0 bridgehead atoms. The van der Waals surface area contributed by atoms with Gasteiger partial charge in [-0.05, 0) is 22.3 Å². The SMILES string of the molecule is Cl.Cl.NCc1cccc(CNC(=O)C(O)C(O)CC#CCC(O)C(O)C(=O)NCc2cccc(CN)c2)c1. The van der Waals surface area contributed by atoms with Gasteiger partial charge in [0.15, 0.2) is 12.2 Å². The van der Waals surface area contributed by atoms with E-state index in [1.807, 2.05) is 24.3 Å². The maximum Gasteiger partial charge on any atom is 0.251 e. The van der Waals surface area contributed by atoms with Gasteiger partial charge in [0.05, 0.1) is 12.2 Å². The molecule has 0 saturated heterocycles. The van der Waals surface area contributed by atoms with Crippen LogP contribution in [0.4, 0.5) is 0 Å². The molecule has 2 aromatic rings. The number of benzene rings is 2. The van der Waals surface area contributed by atoms with E-state index in [0.29, 0.717) is 13.1 Å². The van der Waals surface area contributed by atoms with Gasteiger partial charge in [0.25, 0.3) is 11.8 Å². The number of nitrogens with two attached hydrogens (primary N) is 2. The van der Waals surface area contributed by atoms with E-state index in [2.05, 4.69) is 22.5 Å². The standard InChI is InChI=1S/C26H34N4O6.2ClH/c27-13-17-5-3-7-19(11-17)15-29-25(35)23(33)21(31)9-1-2-10-22(32)24(34)26(36)30-16-20-8-4-6-18(12-20)14-28;;/h3-8,11-12,21-24,31-34H,9-10,13-16,27-28H2,(H,29,35)(H,30,36);2*1H. The molecule has 38 heavy (non-hydrogen) atoms. The number of halogens is 2. The highest BCUT2D eigenvalue weighted by molar-refractivity contribution is 5.85. The summed E-state index contributed by atoms with van der Waals surface area (Å²) < 4.78 is 0. The summed E-state index contributed by atoms with van der Waals surface area (Å²) in [6, 6.07) is 14.6. The van der Waals surface area contributed by atoms with Gasteiger partial charge >= 0.3 is 0 Å². The van der Waals surface area contributed by atoms with Crippen LogP contribution < -0.4 is 22.1 Å². The number of rotatable bonds is 12. The zero-order valence-electron chi connectivity index (χ0n) is 20.7. The Kier molecular flexibility index (Phi) is 17.2. The van der Waals surface area contributed by atoms with Crippen molar-refractivity contribution in [2.24, 2.45) is 11.5 Å². The van der Waals surface area contributed by atoms with Crippen LogP contribution in [0, 0.1) is 11.8 Å². The molecular weight excluding hydrogens is 535 g/mol. The lowest BCUT2D eigenvalue weighted by Gasteiger charge is -2.16. The monoisotopic (exact) mass is 570 g/mol.